The maximum absolute atomic E-state index is 12.0. The van der Waals surface area contributed by atoms with E-state index in [1.54, 1.807) is 0 Å². The molecule has 2 rings (SSSR count). The minimum atomic E-state index is 0.258. The van der Waals surface area contributed by atoms with E-state index in [-0.39, 0.29) is 5.54 Å². The molecule has 0 unspecified atom stereocenters. The van der Waals surface area contributed by atoms with Gasteiger partial charge in [-0.3, -0.25) is 9.69 Å². The van der Waals surface area contributed by atoms with E-state index < -0.39 is 0 Å². The first-order valence-corrected chi connectivity index (χ1v) is 6.37. The Hall–Kier alpha value is -0.370. The lowest BCUT2D eigenvalue weighted by molar-refractivity contribution is -0.124. The number of rotatable bonds is 3. The van der Waals surface area contributed by atoms with Crippen LogP contribution in [0.1, 0.15) is 52.4 Å². The van der Waals surface area contributed by atoms with Crippen molar-refractivity contribution in [2.45, 2.75) is 57.9 Å². The fraction of sp³-hybridized carbons (Fsp3) is 0.923. The highest BCUT2D eigenvalue weighted by molar-refractivity contribution is 5.83. The highest BCUT2D eigenvalue weighted by atomic mass is 16.1. The zero-order chi connectivity index (χ0) is 10.9. The van der Waals surface area contributed by atoms with Gasteiger partial charge >= 0.3 is 0 Å². The number of nitrogens with zero attached hydrogens (tertiary/aromatic N) is 1. The Morgan fingerprint density at radius 2 is 1.93 bits per heavy atom. The van der Waals surface area contributed by atoms with Crippen molar-refractivity contribution in [3.8, 4) is 0 Å². The van der Waals surface area contributed by atoms with Crippen LogP contribution >= 0.6 is 0 Å². The fourth-order valence-electron chi connectivity index (χ4n) is 3.02. The van der Waals surface area contributed by atoms with Crippen molar-refractivity contribution in [3.05, 3.63) is 0 Å². The van der Waals surface area contributed by atoms with Gasteiger partial charge in [-0.1, -0.05) is 12.8 Å². The van der Waals surface area contributed by atoms with E-state index in [0.29, 0.717) is 18.2 Å². The van der Waals surface area contributed by atoms with Gasteiger partial charge in [0.15, 0.2) is 0 Å². The summed E-state index contributed by atoms with van der Waals surface area (Å²) in [7, 11) is 0. The largest absolute Gasteiger partial charge is 0.298 e. The van der Waals surface area contributed by atoms with Crippen LogP contribution in [0.5, 0.6) is 0 Å². The lowest BCUT2D eigenvalue weighted by Gasteiger charge is -2.31. The first kappa shape index (κ1) is 11.1. The van der Waals surface area contributed by atoms with Crippen molar-refractivity contribution in [1.82, 2.24) is 4.90 Å². The molecule has 0 spiro atoms. The van der Waals surface area contributed by atoms with Crippen molar-refractivity contribution in [1.29, 1.82) is 0 Å². The molecule has 86 valence electrons. The van der Waals surface area contributed by atoms with E-state index in [4.69, 9.17) is 0 Å². The van der Waals surface area contributed by atoms with Crippen LogP contribution < -0.4 is 0 Å². The minimum absolute atomic E-state index is 0.258. The summed E-state index contributed by atoms with van der Waals surface area (Å²) in [6, 6.07) is 0. The van der Waals surface area contributed by atoms with E-state index in [1.165, 1.54) is 25.7 Å². The lowest BCUT2D eigenvalue weighted by atomic mass is 9.99. The summed E-state index contributed by atoms with van der Waals surface area (Å²) in [5.41, 5.74) is 0.258. The summed E-state index contributed by atoms with van der Waals surface area (Å²) in [6.07, 6.45) is 7.32. The van der Waals surface area contributed by atoms with Crippen molar-refractivity contribution in [3.63, 3.8) is 0 Å². The van der Waals surface area contributed by atoms with E-state index in [1.807, 2.05) is 0 Å². The summed E-state index contributed by atoms with van der Waals surface area (Å²) in [5.74, 6) is 0.892. The molecule has 0 aromatic carbocycles. The first-order chi connectivity index (χ1) is 7.09. The van der Waals surface area contributed by atoms with Gasteiger partial charge in [-0.2, -0.15) is 0 Å². The van der Waals surface area contributed by atoms with Crippen LogP contribution in [-0.2, 0) is 4.79 Å². The number of carbonyl (C=O) groups excluding carboxylic acids is 1. The number of carbonyl (C=O) groups is 1. The van der Waals surface area contributed by atoms with Crippen LogP contribution in [0.25, 0.3) is 0 Å². The summed E-state index contributed by atoms with van der Waals surface area (Å²) >= 11 is 0. The molecule has 0 amide bonds. The third-order valence-electron chi connectivity index (χ3n) is 4.23. The lowest BCUT2D eigenvalue weighted by Crippen LogP contribution is -2.42. The van der Waals surface area contributed by atoms with Crippen LogP contribution in [0, 0.1) is 5.92 Å². The minimum Gasteiger partial charge on any atom is -0.298 e. The summed E-state index contributed by atoms with van der Waals surface area (Å²) in [6.45, 7) is 6.35. The second kappa shape index (κ2) is 4.25. The monoisotopic (exact) mass is 209 g/mol. The Labute approximate surface area is 93.0 Å². The Morgan fingerprint density at radius 3 is 2.47 bits per heavy atom. The molecule has 2 heteroatoms. The van der Waals surface area contributed by atoms with E-state index in [0.717, 1.165) is 19.4 Å². The molecule has 0 atom stereocenters. The number of Topliss-reactive ketones (excluding diaryl/α,β-unsaturated/α-hetero) is 1. The molecule has 2 fully saturated rings. The molecule has 0 radical (unpaired) electrons. The van der Waals surface area contributed by atoms with Gasteiger partial charge in [-0.05, 0) is 46.1 Å². The van der Waals surface area contributed by atoms with E-state index >= 15 is 0 Å². The van der Waals surface area contributed by atoms with Crippen LogP contribution in [0.15, 0.2) is 0 Å². The zero-order valence-electron chi connectivity index (χ0n) is 10.1. The summed E-state index contributed by atoms with van der Waals surface area (Å²) < 4.78 is 0. The third-order valence-corrected chi connectivity index (χ3v) is 4.23. The molecule has 1 saturated carbocycles. The number of likely N-dealkylation sites (tertiary alicyclic amines) is 1. The Balaban J connectivity index is 1.88. The highest BCUT2D eigenvalue weighted by Gasteiger charge is 2.34. The average Bonchev–Trinajstić information content (AvgIpc) is 2.76. The molecule has 15 heavy (non-hydrogen) atoms. The van der Waals surface area contributed by atoms with Gasteiger partial charge in [0.1, 0.15) is 5.78 Å². The van der Waals surface area contributed by atoms with Gasteiger partial charge in [-0.25, -0.2) is 0 Å². The number of hydrogen-bond acceptors (Lipinski definition) is 2. The molecule has 1 saturated heterocycles. The van der Waals surface area contributed by atoms with Crippen molar-refractivity contribution >= 4 is 5.78 Å². The Bertz CT molecular complexity index is 241. The molecular weight excluding hydrogens is 186 g/mol. The average molecular weight is 209 g/mol. The van der Waals surface area contributed by atoms with Gasteiger partial charge in [0, 0.05) is 11.5 Å². The molecule has 2 nitrogen and oxygen atoms in total. The summed E-state index contributed by atoms with van der Waals surface area (Å²) in [4.78, 5) is 14.4. The molecule has 0 N–H and O–H groups in total. The van der Waals surface area contributed by atoms with Gasteiger partial charge in [0.05, 0.1) is 6.54 Å². The van der Waals surface area contributed by atoms with Gasteiger partial charge in [-0.15, -0.1) is 0 Å². The maximum Gasteiger partial charge on any atom is 0.149 e. The molecule has 2 aliphatic rings. The van der Waals surface area contributed by atoms with E-state index in [9.17, 15) is 4.79 Å². The van der Waals surface area contributed by atoms with Crippen LogP contribution in [0.4, 0.5) is 0 Å². The van der Waals surface area contributed by atoms with Crippen molar-refractivity contribution in [2.75, 3.05) is 13.1 Å². The molecule has 0 aromatic heterocycles. The fourth-order valence-corrected chi connectivity index (χ4v) is 3.02. The molecule has 1 aliphatic heterocycles. The number of hydrogen-bond donors (Lipinski definition) is 0. The second-order valence-electron chi connectivity index (χ2n) is 5.79. The normalized spacial score (nSPS) is 27.3. The van der Waals surface area contributed by atoms with Gasteiger partial charge in [0.2, 0.25) is 0 Å². The molecule has 0 aromatic rings. The topological polar surface area (TPSA) is 20.3 Å². The summed E-state index contributed by atoms with van der Waals surface area (Å²) in [5, 5.41) is 0. The first-order valence-electron chi connectivity index (χ1n) is 6.37. The third kappa shape index (κ3) is 2.41. The molecule has 0 bridgehead atoms. The predicted molar refractivity (Wildman–Crippen MR) is 61.9 cm³/mol. The molecular formula is C13H23NO. The van der Waals surface area contributed by atoms with Gasteiger partial charge in [0.25, 0.3) is 0 Å². The highest BCUT2D eigenvalue weighted by Crippen LogP contribution is 2.30. The van der Waals surface area contributed by atoms with E-state index in [2.05, 4.69) is 18.7 Å². The van der Waals surface area contributed by atoms with Gasteiger partial charge < -0.3 is 0 Å². The smallest absolute Gasteiger partial charge is 0.149 e. The molecule has 1 aliphatic carbocycles. The number of ketones is 1. The maximum atomic E-state index is 12.0. The van der Waals surface area contributed by atoms with Crippen LogP contribution in [0.2, 0.25) is 0 Å². The standard InChI is InChI=1S/C13H23NO/c1-13(2)8-5-9-14(13)10-12(15)11-6-3-4-7-11/h11H,3-10H2,1-2H3. The Kier molecular flexibility index (Phi) is 3.15. The Morgan fingerprint density at radius 1 is 1.27 bits per heavy atom. The van der Waals surface area contributed by atoms with Crippen LogP contribution in [-0.4, -0.2) is 29.3 Å². The predicted octanol–water partition coefficient (Wildman–Crippen LogP) is 2.62. The van der Waals surface area contributed by atoms with Crippen LogP contribution in [0.3, 0.4) is 0 Å². The second-order valence-corrected chi connectivity index (χ2v) is 5.79. The molecule has 1 heterocycles. The van der Waals surface area contributed by atoms with Crippen molar-refractivity contribution in [2.24, 2.45) is 5.92 Å². The SMILES string of the molecule is CC1(C)CCCN1CC(=O)C1CCCC1. The van der Waals surface area contributed by atoms with Crippen molar-refractivity contribution < 1.29 is 4.79 Å². The quantitative estimate of drug-likeness (QED) is 0.712. The zero-order valence-corrected chi connectivity index (χ0v) is 10.1.